The first-order chi connectivity index (χ1) is 8.59. The molecule has 100 valence electrons. The van der Waals surface area contributed by atoms with Crippen molar-refractivity contribution >= 4 is 12.0 Å². The van der Waals surface area contributed by atoms with Crippen LogP contribution in [0.15, 0.2) is 6.20 Å². The van der Waals surface area contributed by atoms with Gasteiger partial charge in [0.2, 0.25) is 0 Å². The number of aryl methyl sites for hydroxylation is 2. The average Bonchev–Trinajstić information content (AvgIpc) is 2.70. The lowest BCUT2D eigenvalue weighted by Crippen LogP contribution is -2.37. The minimum atomic E-state index is -0.925. The Morgan fingerprint density at radius 2 is 2.11 bits per heavy atom. The van der Waals surface area contributed by atoms with Crippen molar-refractivity contribution in [2.24, 2.45) is 0 Å². The zero-order chi connectivity index (χ0) is 13.4. The Balaban J connectivity index is 2.05. The molecule has 0 unspecified atom stereocenters. The van der Waals surface area contributed by atoms with Gasteiger partial charge in [0.05, 0.1) is 12.6 Å². The molecule has 0 aliphatic heterocycles. The number of aliphatic carboxylic acids is 1. The van der Waals surface area contributed by atoms with E-state index in [1.54, 1.807) is 6.20 Å². The molecule has 0 spiro atoms. The number of rotatable bonds is 7. The number of hydrogen-bond donors (Lipinski definition) is 4. The Morgan fingerprint density at radius 1 is 1.39 bits per heavy atom. The first-order valence-electron chi connectivity index (χ1n) is 5.82. The van der Waals surface area contributed by atoms with Crippen molar-refractivity contribution in [1.82, 2.24) is 20.8 Å². The van der Waals surface area contributed by atoms with E-state index in [2.05, 4.69) is 20.8 Å². The summed E-state index contributed by atoms with van der Waals surface area (Å²) in [5.41, 5.74) is 2.18. The third-order valence-corrected chi connectivity index (χ3v) is 2.47. The summed E-state index contributed by atoms with van der Waals surface area (Å²) in [5.74, 6) is -0.925. The van der Waals surface area contributed by atoms with Crippen molar-refractivity contribution in [3.8, 4) is 0 Å². The summed E-state index contributed by atoms with van der Waals surface area (Å²) in [4.78, 5) is 21.4. The highest BCUT2D eigenvalue weighted by atomic mass is 16.4. The van der Waals surface area contributed by atoms with Crippen LogP contribution in [-0.4, -0.2) is 40.4 Å². The maximum atomic E-state index is 11.2. The van der Waals surface area contributed by atoms with Crippen molar-refractivity contribution in [1.29, 1.82) is 0 Å². The smallest absolute Gasteiger partial charge is 0.314 e. The average molecular weight is 254 g/mol. The molecular formula is C11H18N4O3. The third kappa shape index (κ3) is 5.33. The highest BCUT2D eigenvalue weighted by molar-refractivity contribution is 5.74. The molecule has 0 fully saturated rings. The van der Waals surface area contributed by atoms with E-state index in [9.17, 15) is 9.59 Å². The summed E-state index contributed by atoms with van der Waals surface area (Å²) >= 11 is 0. The van der Waals surface area contributed by atoms with Gasteiger partial charge in [-0.3, -0.25) is 9.89 Å². The first kappa shape index (κ1) is 14.0. The van der Waals surface area contributed by atoms with E-state index in [4.69, 9.17) is 5.11 Å². The van der Waals surface area contributed by atoms with Crippen LogP contribution in [0.2, 0.25) is 0 Å². The molecule has 0 aliphatic carbocycles. The fourth-order valence-corrected chi connectivity index (χ4v) is 1.45. The number of nitrogens with zero attached hydrogens (tertiary/aromatic N) is 1. The minimum absolute atomic E-state index is 0.0678. The second-order valence-corrected chi connectivity index (χ2v) is 3.95. The zero-order valence-corrected chi connectivity index (χ0v) is 10.3. The molecule has 0 bridgehead atoms. The molecule has 0 radical (unpaired) electrons. The van der Waals surface area contributed by atoms with E-state index in [0.717, 1.165) is 24.1 Å². The topological polar surface area (TPSA) is 107 Å². The fourth-order valence-electron chi connectivity index (χ4n) is 1.45. The van der Waals surface area contributed by atoms with Crippen molar-refractivity contribution in [3.05, 3.63) is 17.5 Å². The molecular weight excluding hydrogens is 236 g/mol. The van der Waals surface area contributed by atoms with Crippen LogP contribution in [0, 0.1) is 6.92 Å². The van der Waals surface area contributed by atoms with Crippen molar-refractivity contribution in [2.45, 2.75) is 26.2 Å². The molecule has 0 atom stereocenters. The number of carbonyl (C=O) groups is 2. The Labute approximate surface area is 105 Å². The summed E-state index contributed by atoms with van der Waals surface area (Å²) in [6.45, 7) is 2.64. The molecule has 4 N–H and O–H groups in total. The van der Waals surface area contributed by atoms with Gasteiger partial charge < -0.3 is 15.7 Å². The quantitative estimate of drug-likeness (QED) is 0.529. The minimum Gasteiger partial charge on any atom is -0.481 e. The van der Waals surface area contributed by atoms with E-state index < -0.39 is 5.97 Å². The van der Waals surface area contributed by atoms with E-state index in [1.807, 2.05) is 6.92 Å². The SMILES string of the molecule is Cc1[nH]ncc1CCCNC(=O)NCCC(=O)O. The third-order valence-electron chi connectivity index (χ3n) is 2.47. The number of urea groups is 1. The van der Waals surface area contributed by atoms with Gasteiger partial charge in [-0.25, -0.2) is 4.79 Å². The molecule has 7 heteroatoms. The van der Waals surface area contributed by atoms with Gasteiger partial charge in [-0.05, 0) is 25.3 Å². The Kier molecular flexibility index (Phi) is 5.69. The number of aromatic nitrogens is 2. The fraction of sp³-hybridized carbons (Fsp3) is 0.545. The zero-order valence-electron chi connectivity index (χ0n) is 10.3. The van der Waals surface area contributed by atoms with E-state index >= 15 is 0 Å². The van der Waals surface area contributed by atoms with Gasteiger partial charge in [0.15, 0.2) is 0 Å². The molecule has 18 heavy (non-hydrogen) atoms. The maximum absolute atomic E-state index is 11.2. The van der Waals surface area contributed by atoms with Gasteiger partial charge in [-0.2, -0.15) is 5.10 Å². The standard InChI is InChI=1S/C11H18N4O3/c1-8-9(7-14-15-8)3-2-5-12-11(18)13-6-4-10(16)17/h7H,2-6H2,1H3,(H,14,15)(H,16,17)(H2,12,13,18). The van der Waals surface area contributed by atoms with Crippen LogP contribution in [0.1, 0.15) is 24.1 Å². The predicted molar refractivity (Wildman–Crippen MR) is 65.3 cm³/mol. The summed E-state index contributed by atoms with van der Waals surface area (Å²) in [6.07, 6.45) is 3.37. The van der Waals surface area contributed by atoms with Crippen LogP contribution in [0.4, 0.5) is 4.79 Å². The van der Waals surface area contributed by atoms with E-state index in [1.165, 1.54) is 0 Å². The Morgan fingerprint density at radius 3 is 2.72 bits per heavy atom. The lowest BCUT2D eigenvalue weighted by Gasteiger charge is -2.06. The van der Waals surface area contributed by atoms with Crippen molar-refractivity contribution < 1.29 is 14.7 Å². The number of aromatic amines is 1. The van der Waals surface area contributed by atoms with Gasteiger partial charge >= 0.3 is 12.0 Å². The number of nitrogens with one attached hydrogen (secondary N) is 3. The van der Waals surface area contributed by atoms with E-state index in [0.29, 0.717) is 6.54 Å². The second kappa shape index (κ2) is 7.31. The number of amides is 2. The van der Waals surface area contributed by atoms with Crippen LogP contribution in [-0.2, 0) is 11.2 Å². The first-order valence-corrected chi connectivity index (χ1v) is 5.82. The second-order valence-electron chi connectivity index (χ2n) is 3.95. The lowest BCUT2D eigenvalue weighted by atomic mass is 10.1. The van der Waals surface area contributed by atoms with Crippen molar-refractivity contribution in [2.75, 3.05) is 13.1 Å². The van der Waals surface area contributed by atoms with Gasteiger partial charge in [0.1, 0.15) is 0 Å². The lowest BCUT2D eigenvalue weighted by molar-refractivity contribution is -0.136. The molecule has 1 rings (SSSR count). The van der Waals surface area contributed by atoms with Gasteiger partial charge in [0.25, 0.3) is 0 Å². The molecule has 1 aromatic heterocycles. The highest BCUT2D eigenvalue weighted by Crippen LogP contribution is 2.04. The normalized spacial score (nSPS) is 10.1. The van der Waals surface area contributed by atoms with Crippen LogP contribution < -0.4 is 10.6 Å². The van der Waals surface area contributed by atoms with E-state index in [-0.39, 0.29) is 19.0 Å². The molecule has 2 amide bonds. The van der Waals surface area contributed by atoms with Gasteiger partial charge in [0, 0.05) is 18.8 Å². The van der Waals surface area contributed by atoms with Crippen LogP contribution in [0.25, 0.3) is 0 Å². The Hall–Kier alpha value is -2.05. The number of carboxylic acid groups (broad SMARTS) is 1. The molecule has 1 heterocycles. The molecule has 1 aromatic rings. The summed E-state index contributed by atoms with van der Waals surface area (Å²) < 4.78 is 0. The number of hydrogen-bond acceptors (Lipinski definition) is 3. The van der Waals surface area contributed by atoms with Crippen LogP contribution in [0.5, 0.6) is 0 Å². The largest absolute Gasteiger partial charge is 0.481 e. The van der Waals surface area contributed by atoms with Crippen LogP contribution >= 0.6 is 0 Å². The van der Waals surface area contributed by atoms with Crippen molar-refractivity contribution in [3.63, 3.8) is 0 Å². The molecule has 0 saturated heterocycles. The maximum Gasteiger partial charge on any atom is 0.314 e. The molecule has 0 saturated carbocycles. The number of carbonyl (C=O) groups excluding carboxylic acids is 1. The summed E-state index contributed by atoms with van der Waals surface area (Å²) in [6, 6.07) is -0.333. The van der Waals surface area contributed by atoms with Crippen LogP contribution in [0.3, 0.4) is 0 Å². The monoisotopic (exact) mass is 254 g/mol. The summed E-state index contributed by atoms with van der Waals surface area (Å²) in [5, 5.41) is 20.3. The predicted octanol–water partition coefficient (Wildman–Crippen LogP) is 0.425. The summed E-state index contributed by atoms with van der Waals surface area (Å²) in [7, 11) is 0. The number of carboxylic acids is 1. The molecule has 0 aromatic carbocycles. The van der Waals surface area contributed by atoms with Gasteiger partial charge in [-0.15, -0.1) is 0 Å². The molecule has 0 aliphatic rings. The highest BCUT2D eigenvalue weighted by Gasteiger charge is 2.03. The van der Waals surface area contributed by atoms with Gasteiger partial charge in [-0.1, -0.05) is 0 Å². The Bertz CT molecular complexity index is 403. The number of H-pyrrole nitrogens is 1. The molecule has 7 nitrogen and oxygen atoms in total.